The highest BCUT2D eigenvalue weighted by atomic mass is 28.4. The quantitative estimate of drug-likeness (QED) is 0.663. The largest absolute Gasteiger partial charge is 0.444 e. The lowest BCUT2D eigenvalue weighted by Gasteiger charge is -2.45. The topological polar surface area (TPSA) is 59.0 Å². The van der Waals surface area contributed by atoms with Gasteiger partial charge in [-0.3, -0.25) is 0 Å². The zero-order valence-corrected chi connectivity index (χ0v) is 21.9. The van der Waals surface area contributed by atoms with E-state index in [9.17, 15) is 9.90 Å². The lowest BCUT2D eigenvalue weighted by atomic mass is 10.0. The summed E-state index contributed by atoms with van der Waals surface area (Å²) in [5.41, 5.74) is -0.594. The maximum absolute atomic E-state index is 13.0. The number of ether oxygens (including phenoxy) is 1. The summed E-state index contributed by atoms with van der Waals surface area (Å²) in [5.74, 6) is 0. The van der Waals surface area contributed by atoms with Crippen LogP contribution in [0.3, 0.4) is 0 Å². The summed E-state index contributed by atoms with van der Waals surface area (Å²) < 4.78 is 12.7. The summed E-state index contributed by atoms with van der Waals surface area (Å²) in [6, 6.07) is 20.9. The number of piperidine rings is 1. The van der Waals surface area contributed by atoms with Crippen molar-refractivity contribution in [1.82, 2.24) is 4.90 Å². The van der Waals surface area contributed by atoms with Gasteiger partial charge in [0.05, 0.1) is 25.3 Å². The Labute approximate surface area is 199 Å². The Morgan fingerprint density at radius 1 is 0.939 bits per heavy atom. The first kappa shape index (κ1) is 25.5. The van der Waals surface area contributed by atoms with E-state index < -0.39 is 26.1 Å². The van der Waals surface area contributed by atoms with E-state index in [-0.39, 0.29) is 17.6 Å². The molecule has 1 heterocycles. The molecule has 0 aliphatic carbocycles. The van der Waals surface area contributed by atoms with E-state index >= 15 is 0 Å². The van der Waals surface area contributed by atoms with Crippen molar-refractivity contribution in [3.05, 3.63) is 60.7 Å². The van der Waals surface area contributed by atoms with E-state index in [0.717, 1.165) is 0 Å². The zero-order valence-electron chi connectivity index (χ0n) is 20.9. The molecule has 1 unspecified atom stereocenters. The Kier molecular flexibility index (Phi) is 7.71. The predicted molar refractivity (Wildman–Crippen MR) is 136 cm³/mol. The van der Waals surface area contributed by atoms with Gasteiger partial charge in [0.25, 0.3) is 8.32 Å². The first-order valence-electron chi connectivity index (χ1n) is 11.9. The van der Waals surface area contributed by atoms with Crippen molar-refractivity contribution in [3.63, 3.8) is 0 Å². The summed E-state index contributed by atoms with van der Waals surface area (Å²) in [6.07, 6.45) is 0.395. The fraction of sp³-hybridized carbons (Fsp3) is 0.519. The number of amides is 1. The minimum Gasteiger partial charge on any atom is -0.444 e. The molecule has 0 bridgehead atoms. The monoisotopic (exact) mass is 469 g/mol. The van der Waals surface area contributed by atoms with Gasteiger partial charge in [-0.25, -0.2) is 4.79 Å². The molecule has 33 heavy (non-hydrogen) atoms. The van der Waals surface area contributed by atoms with Gasteiger partial charge in [0, 0.05) is 0 Å². The Morgan fingerprint density at radius 3 is 1.91 bits per heavy atom. The van der Waals surface area contributed by atoms with Crippen LogP contribution in [0.5, 0.6) is 0 Å². The average Bonchev–Trinajstić information content (AvgIpc) is 2.74. The number of carbonyl (C=O) groups excluding carboxylic acids is 1. The van der Waals surface area contributed by atoms with Gasteiger partial charge in [0.2, 0.25) is 0 Å². The lowest BCUT2D eigenvalue weighted by molar-refractivity contribution is -0.0209. The van der Waals surface area contributed by atoms with E-state index in [4.69, 9.17) is 9.16 Å². The number of rotatable bonds is 5. The van der Waals surface area contributed by atoms with Gasteiger partial charge in [-0.15, -0.1) is 0 Å². The molecule has 3 rings (SSSR count). The second kappa shape index (κ2) is 10.00. The van der Waals surface area contributed by atoms with E-state index in [2.05, 4.69) is 69.3 Å². The van der Waals surface area contributed by atoms with Crippen LogP contribution >= 0.6 is 0 Å². The van der Waals surface area contributed by atoms with Crippen LogP contribution < -0.4 is 10.4 Å². The molecular formula is C27H39NO4Si. The first-order valence-corrected chi connectivity index (χ1v) is 13.8. The molecule has 1 amide bonds. The van der Waals surface area contributed by atoms with Crippen LogP contribution in [0.4, 0.5) is 4.79 Å². The van der Waals surface area contributed by atoms with E-state index in [1.165, 1.54) is 10.4 Å². The van der Waals surface area contributed by atoms with Gasteiger partial charge >= 0.3 is 6.09 Å². The molecule has 1 N–H and O–H groups in total. The van der Waals surface area contributed by atoms with Crippen molar-refractivity contribution in [3.8, 4) is 0 Å². The smallest absolute Gasteiger partial charge is 0.410 e. The third-order valence-electron chi connectivity index (χ3n) is 6.22. The summed E-state index contributed by atoms with van der Waals surface area (Å²) in [6.45, 7) is 13.0. The molecule has 180 valence electrons. The minimum atomic E-state index is -2.70. The fourth-order valence-corrected chi connectivity index (χ4v) is 9.31. The summed E-state index contributed by atoms with van der Waals surface area (Å²) in [7, 11) is -2.70. The van der Waals surface area contributed by atoms with Crippen LogP contribution in [-0.2, 0) is 9.16 Å². The van der Waals surface area contributed by atoms with Crippen molar-refractivity contribution in [2.75, 3.05) is 13.2 Å². The number of carbonyl (C=O) groups is 1. The highest BCUT2D eigenvalue weighted by Crippen LogP contribution is 2.37. The van der Waals surface area contributed by atoms with Crippen LogP contribution in [0.2, 0.25) is 5.04 Å². The fourth-order valence-electron chi connectivity index (χ4n) is 4.71. The second-order valence-corrected chi connectivity index (χ2v) is 15.3. The van der Waals surface area contributed by atoms with Gasteiger partial charge in [-0.05, 0) is 49.0 Å². The van der Waals surface area contributed by atoms with Crippen molar-refractivity contribution in [2.45, 2.75) is 77.2 Å². The second-order valence-electron chi connectivity index (χ2n) is 11.0. The van der Waals surface area contributed by atoms with Crippen LogP contribution in [0.25, 0.3) is 0 Å². The number of aliphatic hydroxyl groups excluding tert-OH is 1. The van der Waals surface area contributed by atoms with Crippen LogP contribution in [0, 0.1) is 0 Å². The van der Waals surface area contributed by atoms with E-state index in [0.29, 0.717) is 19.4 Å². The number of aliphatic hydroxyl groups is 1. The van der Waals surface area contributed by atoms with Crippen molar-refractivity contribution >= 4 is 24.8 Å². The molecule has 1 aliphatic heterocycles. The third-order valence-corrected chi connectivity index (χ3v) is 11.2. The Bertz CT molecular complexity index is 866. The number of hydrogen-bond donors (Lipinski definition) is 1. The molecule has 0 saturated carbocycles. The highest BCUT2D eigenvalue weighted by molar-refractivity contribution is 6.99. The maximum Gasteiger partial charge on any atom is 0.410 e. The number of β-amino-alcohol motifs (C(OH)–C–C–N with tert-alkyl or cyclic N) is 1. The first-order chi connectivity index (χ1) is 15.4. The maximum atomic E-state index is 13.0. The normalized spacial score (nSPS) is 19.9. The summed E-state index contributed by atoms with van der Waals surface area (Å²) in [4.78, 5) is 14.6. The molecule has 1 aliphatic rings. The highest BCUT2D eigenvalue weighted by Gasteiger charge is 2.51. The lowest BCUT2D eigenvalue weighted by Crippen LogP contribution is -2.67. The van der Waals surface area contributed by atoms with Crippen molar-refractivity contribution < 1.29 is 19.1 Å². The van der Waals surface area contributed by atoms with Crippen LogP contribution in [0.15, 0.2) is 60.7 Å². The molecule has 2 aromatic carbocycles. The predicted octanol–water partition coefficient (Wildman–Crippen LogP) is 4.32. The number of hydrogen-bond acceptors (Lipinski definition) is 4. The van der Waals surface area contributed by atoms with Crippen molar-refractivity contribution in [2.24, 2.45) is 0 Å². The molecule has 2 atom stereocenters. The van der Waals surface area contributed by atoms with Crippen molar-refractivity contribution in [1.29, 1.82) is 0 Å². The van der Waals surface area contributed by atoms with Gasteiger partial charge in [0.1, 0.15) is 5.60 Å². The SMILES string of the molecule is CC(C)(C)OC(=O)N1CC(O)CC[C@@H]1CO[Si](c1ccccc1)(c1ccccc1)C(C)(C)C. The zero-order chi connectivity index (χ0) is 24.3. The average molecular weight is 470 g/mol. The minimum absolute atomic E-state index is 0.138. The van der Waals surface area contributed by atoms with E-state index in [1.54, 1.807) is 4.90 Å². The standard InChI is InChI=1S/C27H39NO4Si/c1-26(2,3)32-25(30)28-19-22(29)18-17-21(28)20-31-33(27(4,5)6,23-13-9-7-10-14-23)24-15-11-8-12-16-24/h7-16,21-22,29H,17-20H2,1-6H3/t21-,22?/m1/s1. The van der Waals surface area contributed by atoms with Gasteiger partial charge in [-0.1, -0.05) is 81.4 Å². The summed E-state index contributed by atoms with van der Waals surface area (Å²) >= 11 is 0. The Morgan fingerprint density at radius 2 is 1.45 bits per heavy atom. The molecule has 5 nitrogen and oxygen atoms in total. The molecular weight excluding hydrogens is 430 g/mol. The number of benzene rings is 2. The molecule has 0 spiro atoms. The van der Waals surface area contributed by atoms with Gasteiger partial charge < -0.3 is 19.2 Å². The Balaban J connectivity index is 1.97. The molecule has 6 heteroatoms. The molecule has 0 aromatic heterocycles. The van der Waals surface area contributed by atoms with E-state index in [1.807, 2.05) is 32.9 Å². The Hall–Kier alpha value is -2.15. The molecule has 1 saturated heterocycles. The summed E-state index contributed by atoms with van der Waals surface area (Å²) in [5, 5.41) is 12.6. The number of nitrogens with zero attached hydrogens (tertiary/aromatic N) is 1. The van der Waals surface area contributed by atoms with Gasteiger partial charge in [0.15, 0.2) is 0 Å². The number of likely N-dealkylation sites (tertiary alicyclic amines) is 1. The molecule has 1 fully saturated rings. The molecule has 2 aromatic rings. The van der Waals surface area contributed by atoms with Gasteiger partial charge in [-0.2, -0.15) is 0 Å². The molecule has 0 radical (unpaired) electrons. The third kappa shape index (κ3) is 5.86. The van der Waals surface area contributed by atoms with Crippen LogP contribution in [0.1, 0.15) is 54.4 Å². The van der Waals surface area contributed by atoms with Crippen LogP contribution in [-0.4, -0.2) is 55.3 Å².